The fraction of sp³-hybridized carbons (Fsp3) is 0.600. The molecule has 0 saturated heterocycles. The van der Waals surface area contributed by atoms with Gasteiger partial charge in [-0.3, -0.25) is 10.1 Å². The number of aliphatic hydroxyl groups excluding tert-OH is 1. The zero-order valence-electron chi connectivity index (χ0n) is 12.2. The third-order valence-electron chi connectivity index (χ3n) is 3.81. The summed E-state index contributed by atoms with van der Waals surface area (Å²) in [5, 5.41) is 23.9. The maximum Gasteiger partial charge on any atom is 0.311 e. The molecule has 1 fully saturated rings. The monoisotopic (exact) mass is 294 g/mol. The summed E-state index contributed by atoms with van der Waals surface area (Å²) in [7, 11) is 0. The van der Waals surface area contributed by atoms with Crippen LogP contribution in [-0.2, 0) is 0 Å². The van der Waals surface area contributed by atoms with Crippen molar-refractivity contribution in [1.29, 1.82) is 0 Å². The summed E-state index contributed by atoms with van der Waals surface area (Å²) in [6, 6.07) is 4.82. The average molecular weight is 294 g/mol. The van der Waals surface area contributed by atoms with Crippen LogP contribution in [0.3, 0.4) is 0 Å². The number of nitro benzene ring substituents is 1. The predicted octanol–water partition coefficient (Wildman–Crippen LogP) is 2.96. The Kier molecular flexibility index (Phi) is 5.38. The van der Waals surface area contributed by atoms with Crippen LogP contribution in [0.2, 0.25) is 0 Å². The minimum Gasteiger partial charge on any atom is -0.487 e. The molecule has 116 valence electrons. The lowest BCUT2D eigenvalue weighted by Gasteiger charge is -2.26. The Hall–Kier alpha value is -1.82. The van der Waals surface area contributed by atoms with Crippen LogP contribution in [0.15, 0.2) is 18.2 Å². The number of rotatable bonds is 6. The number of aliphatic hydroxyl groups is 1. The van der Waals surface area contributed by atoms with Gasteiger partial charge in [0.2, 0.25) is 0 Å². The van der Waals surface area contributed by atoms with Crippen molar-refractivity contribution in [3.63, 3.8) is 0 Å². The standard InChI is InChI=1S/C15H22N2O4/c1-2-21-15-9-12(6-7-14(15)17(19)20)16-10-11-4-3-5-13(18)8-11/h6-7,9,11,13,16,18H,2-5,8,10H2,1H3. The zero-order valence-corrected chi connectivity index (χ0v) is 12.2. The van der Waals surface area contributed by atoms with E-state index in [0.717, 1.165) is 37.9 Å². The van der Waals surface area contributed by atoms with Gasteiger partial charge in [-0.1, -0.05) is 6.42 Å². The number of hydrogen-bond donors (Lipinski definition) is 2. The van der Waals surface area contributed by atoms with Gasteiger partial charge in [0.25, 0.3) is 0 Å². The highest BCUT2D eigenvalue weighted by Crippen LogP contribution is 2.31. The summed E-state index contributed by atoms with van der Waals surface area (Å²) in [5.74, 6) is 0.732. The van der Waals surface area contributed by atoms with E-state index in [1.807, 2.05) is 0 Å². The minimum atomic E-state index is -0.438. The number of nitrogens with zero attached hydrogens (tertiary/aromatic N) is 1. The second kappa shape index (κ2) is 7.26. The van der Waals surface area contributed by atoms with Gasteiger partial charge in [0.05, 0.1) is 17.6 Å². The first-order valence-electron chi connectivity index (χ1n) is 7.43. The Bertz CT molecular complexity index is 493. The lowest BCUT2D eigenvalue weighted by molar-refractivity contribution is -0.385. The Morgan fingerprint density at radius 1 is 1.48 bits per heavy atom. The molecule has 0 radical (unpaired) electrons. The van der Waals surface area contributed by atoms with Crippen LogP contribution in [0.1, 0.15) is 32.6 Å². The van der Waals surface area contributed by atoms with Crippen molar-refractivity contribution in [1.82, 2.24) is 0 Å². The Morgan fingerprint density at radius 2 is 2.29 bits per heavy atom. The van der Waals surface area contributed by atoms with Crippen molar-refractivity contribution in [3.8, 4) is 5.75 Å². The van der Waals surface area contributed by atoms with Crippen molar-refractivity contribution in [2.75, 3.05) is 18.5 Å². The fourth-order valence-electron chi connectivity index (χ4n) is 2.76. The number of ether oxygens (including phenoxy) is 1. The van der Waals surface area contributed by atoms with E-state index in [4.69, 9.17) is 4.74 Å². The van der Waals surface area contributed by atoms with E-state index in [1.165, 1.54) is 6.07 Å². The third-order valence-corrected chi connectivity index (χ3v) is 3.81. The van der Waals surface area contributed by atoms with Gasteiger partial charge in [-0.2, -0.15) is 0 Å². The molecule has 0 amide bonds. The molecule has 2 rings (SSSR count). The van der Waals surface area contributed by atoms with Crippen LogP contribution in [0, 0.1) is 16.0 Å². The number of nitrogens with one attached hydrogen (secondary N) is 1. The van der Waals surface area contributed by atoms with Gasteiger partial charge < -0.3 is 15.2 Å². The molecule has 1 aromatic carbocycles. The van der Waals surface area contributed by atoms with Crippen LogP contribution < -0.4 is 10.1 Å². The summed E-state index contributed by atoms with van der Waals surface area (Å²) in [5.41, 5.74) is 0.791. The third kappa shape index (κ3) is 4.32. The molecule has 2 unspecified atom stereocenters. The van der Waals surface area contributed by atoms with Gasteiger partial charge in [-0.25, -0.2) is 0 Å². The molecule has 6 nitrogen and oxygen atoms in total. The summed E-state index contributed by atoms with van der Waals surface area (Å²) >= 11 is 0. The van der Waals surface area contributed by atoms with E-state index in [0.29, 0.717) is 12.5 Å². The highest BCUT2D eigenvalue weighted by molar-refractivity contribution is 5.58. The van der Waals surface area contributed by atoms with E-state index >= 15 is 0 Å². The van der Waals surface area contributed by atoms with E-state index in [2.05, 4.69) is 5.32 Å². The zero-order chi connectivity index (χ0) is 15.2. The number of hydrogen-bond acceptors (Lipinski definition) is 5. The number of benzene rings is 1. The molecule has 21 heavy (non-hydrogen) atoms. The quantitative estimate of drug-likeness (QED) is 0.622. The van der Waals surface area contributed by atoms with Gasteiger partial charge >= 0.3 is 5.69 Å². The highest BCUT2D eigenvalue weighted by atomic mass is 16.6. The lowest BCUT2D eigenvalue weighted by Crippen LogP contribution is -2.25. The fourth-order valence-corrected chi connectivity index (χ4v) is 2.76. The van der Waals surface area contributed by atoms with Gasteiger partial charge in [0.15, 0.2) is 5.75 Å². The average Bonchev–Trinajstić information content (AvgIpc) is 2.45. The Balaban J connectivity index is 1.99. The first-order valence-corrected chi connectivity index (χ1v) is 7.43. The second-order valence-electron chi connectivity index (χ2n) is 5.44. The van der Waals surface area contributed by atoms with Crippen LogP contribution in [0.4, 0.5) is 11.4 Å². The number of nitro groups is 1. The highest BCUT2D eigenvalue weighted by Gasteiger charge is 2.20. The molecule has 0 spiro atoms. The second-order valence-corrected chi connectivity index (χ2v) is 5.44. The maximum atomic E-state index is 10.9. The van der Waals surface area contributed by atoms with Crippen molar-refractivity contribution in [2.45, 2.75) is 38.7 Å². The van der Waals surface area contributed by atoms with E-state index in [-0.39, 0.29) is 17.5 Å². The normalized spacial score (nSPS) is 21.8. The Labute approximate surface area is 124 Å². The van der Waals surface area contributed by atoms with Gasteiger partial charge in [0, 0.05) is 24.4 Å². The van der Waals surface area contributed by atoms with Crippen molar-refractivity contribution >= 4 is 11.4 Å². The first-order chi connectivity index (χ1) is 10.1. The lowest BCUT2D eigenvalue weighted by atomic mass is 9.87. The molecule has 1 saturated carbocycles. The molecule has 1 aliphatic rings. The van der Waals surface area contributed by atoms with E-state index in [1.54, 1.807) is 19.1 Å². The largest absolute Gasteiger partial charge is 0.487 e. The van der Waals surface area contributed by atoms with Crippen molar-refractivity contribution in [2.24, 2.45) is 5.92 Å². The number of anilines is 1. The molecule has 2 atom stereocenters. The molecule has 0 heterocycles. The summed E-state index contributed by atoms with van der Waals surface area (Å²) in [4.78, 5) is 10.5. The van der Waals surface area contributed by atoms with Crippen LogP contribution in [0.5, 0.6) is 5.75 Å². The molecular weight excluding hydrogens is 272 g/mol. The molecular formula is C15H22N2O4. The molecule has 0 aliphatic heterocycles. The maximum absolute atomic E-state index is 10.9. The Morgan fingerprint density at radius 3 is 2.95 bits per heavy atom. The smallest absolute Gasteiger partial charge is 0.311 e. The SMILES string of the molecule is CCOc1cc(NCC2CCCC(O)C2)ccc1[N+](=O)[O-]. The van der Waals surface area contributed by atoms with Crippen LogP contribution >= 0.6 is 0 Å². The van der Waals surface area contributed by atoms with Crippen LogP contribution in [0.25, 0.3) is 0 Å². The van der Waals surface area contributed by atoms with Gasteiger partial charge in [-0.05, 0) is 38.2 Å². The topological polar surface area (TPSA) is 84.6 Å². The summed E-state index contributed by atoms with van der Waals surface area (Å²) in [6.07, 6.45) is 3.68. The molecule has 2 N–H and O–H groups in total. The van der Waals surface area contributed by atoms with E-state index in [9.17, 15) is 15.2 Å². The summed E-state index contributed by atoms with van der Waals surface area (Å²) < 4.78 is 5.33. The van der Waals surface area contributed by atoms with Crippen molar-refractivity contribution < 1.29 is 14.8 Å². The predicted molar refractivity (Wildman–Crippen MR) is 80.7 cm³/mol. The van der Waals surface area contributed by atoms with Gasteiger partial charge in [0.1, 0.15) is 0 Å². The van der Waals surface area contributed by atoms with Gasteiger partial charge in [-0.15, -0.1) is 0 Å². The molecule has 0 aromatic heterocycles. The molecule has 6 heteroatoms. The van der Waals surface area contributed by atoms with Crippen molar-refractivity contribution in [3.05, 3.63) is 28.3 Å². The molecule has 1 aromatic rings. The van der Waals surface area contributed by atoms with Crippen LogP contribution in [-0.4, -0.2) is 29.3 Å². The molecule has 1 aliphatic carbocycles. The minimum absolute atomic E-state index is 0.0181. The first kappa shape index (κ1) is 15.6. The van der Waals surface area contributed by atoms with E-state index < -0.39 is 4.92 Å². The molecule has 0 bridgehead atoms. The summed E-state index contributed by atoms with van der Waals surface area (Å²) in [6.45, 7) is 2.95.